The normalized spacial score (nSPS) is 10.9. The minimum absolute atomic E-state index is 0.357. The predicted octanol–water partition coefficient (Wildman–Crippen LogP) is 0.369. The van der Waals surface area contributed by atoms with Crippen LogP contribution in [0.4, 0.5) is 0 Å². The van der Waals surface area contributed by atoms with Gasteiger partial charge in [-0.05, 0) is 31.9 Å². The molecule has 0 aromatic carbocycles. The minimum atomic E-state index is -0.374. The molecule has 2 rings (SSSR count). The number of pyridine rings is 1. The molecule has 0 saturated heterocycles. The molecule has 0 fully saturated rings. The third kappa shape index (κ3) is 1.70. The molecule has 2 aromatic heterocycles. The molecule has 0 aliphatic heterocycles. The van der Waals surface area contributed by atoms with E-state index >= 15 is 0 Å². The largest absolute Gasteiger partial charge is 0.353 e. The van der Waals surface area contributed by atoms with Crippen molar-refractivity contribution in [2.45, 2.75) is 27.3 Å². The summed E-state index contributed by atoms with van der Waals surface area (Å²) in [6.07, 6.45) is 1.65. The highest BCUT2D eigenvalue weighted by Crippen LogP contribution is 2.08. The Morgan fingerprint density at radius 1 is 1.22 bits per heavy atom. The molecule has 0 spiro atoms. The van der Waals surface area contributed by atoms with Crippen LogP contribution in [-0.2, 0) is 13.6 Å². The highest BCUT2D eigenvalue weighted by Gasteiger charge is 2.16. The molecule has 18 heavy (non-hydrogen) atoms. The van der Waals surface area contributed by atoms with Crippen molar-refractivity contribution in [3.8, 4) is 5.82 Å². The molecule has 6 nitrogen and oxygen atoms in total. The third-order valence-corrected chi connectivity index (χ3v) is 2.94. The van der Waals surface area contributed by atoms with Gasteiger partial charge >= 0.3 is 11.4 Å². The monoisotopic (exact) mass is 248 g/mol. The van der Waals surface area contributed by atoms with Crippen molar-refractivity contribution in [3.05, 3.63) is 44.4 Å². The van der Waals surface area contributed by atoms with E-state index in [1.54, 1.807) is 13.2 Å². The van der Waals surface area contributed by atoms with Crippen LogP contribution in [0, 0.1) is 13.8 Å². The van der Waals surface area contributed by atoms with Gasteiger partial charge < -0.3 is 0 Å². The highest BCUT2D eigenvalue weighted by molar-refractivity contribution is 5.34. The van der Waals surface area contributed by atoms with Crippen LogP contribution in [0.25, 0.3) is 5.82 Å². The Balaban J connectivity index is 2.80. The van der Waals surface area contributed by atoms with Crippen LogP contribution >= 0.6 is 0 Å². The molecule has 2 heterocycles. The van der Waals surface area contributed by atoms with E-state index in [9.17, 15) is 9.59 Å². The van der Waals surface area contributed by atoms with Gasteiger partial charge in [0.25, 0.3) is 0 Å². The fourth-order valence-electron chi connectivity index (χ4n) is 2.04. The Hall–Kier alpha value is -2.11. The fourth-order valence-corrected chi connectivity index (χ4v) is 2.04. The first-order valence-corrected chi connectivity index (χ1v) is 5.79. The summed E-state index contributed by atoms with van der Waals surface area (Å²) in [4.78, 5) is 28.4. The van der Waals surface area contributed by atoms with Crippen LogP contribution in [-0.4, -0.2) is 18.9 Å². The van der Waals surface area contributed by atoms with E-state index in [0.717, 1.165) is 15.7 Å². The SMILES string of the molecule is CCn1c(=O)n(-c2ncc(C)cc2C)c(=O)n1C. The van der Waals surface area contributed by atoms with Gasteiger partial charge in [0.05, 0.1) is 0 Å². The standard InChI is InChI=1S/C12H16N4O2/c1-5-15-12(18)16(11(17)14(15)4)10-9(3)6-8(2)7-13-10/h6-7H,5H2,1-4H3. The lowest BCUT2D eigenvalue weighted by Crippen LogP contribution is -2.28. The number of aryl methyl sites for hydroxylation is 2. The number of hydrogen-bond acceptors (Lipinski definition) is 3. The summed E-state index contributed by atoms with van der Waals surface area (Å²) in [5.41, 5.74) is 1.07. The molecule has 0 radical (unpaired) electrons. The number of hydrogen-bond donors (Lipinski definition) is 0. The summed E-state index contributed by atoms with van der Waals surface area (Å²) >= 11 is 0. The van der Waals surface area contributed by atoms with Crippen LogP contribution in [0.1, 0.15) is 18.1 Å². The Bertz CT molecular complexity index is 706. The second-order valence-corrected chi connectivity index (χ2v) is 4.29. The smallest absolute Gasteiger partial charge is 0.245 e. The van der Waals surface area contributed by atoms with Crippen molar-refractivity contribution in [3.63, 3.8) is 0 Å². The van der Waals surface area contributed by atoms with Crippen molar-refractivity contribution in [1.82, 2.24) is 18.9 Å². The van der Waals surface area contributed by atoms with E-state index in [2.05, 4.69) is 4.98 Å². The maximum atomic E-state index is 12.1. The Kier molecular flexibility index (Phi) is 2.94. The number of nitrogens with zero attached hydrogens (tertiary/aromatic N) is 4. The van der Waals surface area contributed by atoms with Crippen LogP contribution in [0.5, 0.6) is 0 Å². The summed E-state index contributed by atoms with van der Waals surface area (Å²) in [6.45, 7) is 6.02. The molecule has 0 N–H and O–H groups in total. The van der Waals surface area contributed by atoms with E-state index in [-0.39, 0.29) is 11.4 Å². The molecule has 2 aromatic rings. The molecule has 0 saturated carbocycles. The van der Waals surface area contributed by atoms with E-state index in [1.807, 2.05) is 26.8 Å². The molecule has 0 aliphatic rings. The number of rotatable bonds is 2. The topological polar surface area (TPSA) is 61.8 Å². The lowest BCUT2D eigenvalue weighted by molar-refractivity contribution is 0.509. The van der Waals surface area contributed by atoms with Crippen LogP contribution < -0.4 is 11.4 Å². The van der Waals surface area contributed by atoms with Gasteiger partial charge in [-0.15, -0.1) is 0 Å². The summed E-state index contributed by atoms with van der Waals surface area (Å²) in [7, 11) is 1.58. The Morgan fingerprint density at radius 3 is 2.39 bits per heavy atom. The van der Waals surface area contributed by atoms with E-state index in [1.165, 1.54) is 9.36 Å². The quantitative estimate of drug-likeness (QED) is 0.771. The second kappa shape index (κ2) is 4.29. The van der Waals surface area contributed by atoms with Crippen molar-refractivity contribution in [1.29, 1.82) is 0 Å². The summed E-state index contributed by atoms with van der Waals surface area (Å²) in [5.74, 6) is 0.401. The predicted molar refractivity (Wildman–Crippen MR) is 68.2 cm³/mol. The highest BCUT2D eigenvalue weighted by atomic mass is 16.2. The zero-order valence-corrected chi connectivity index (χ0v) is 11.0. The Morgan fingerprint density at radius 2 is 1.89 bits per heavy atom. The van der Waals surface area contributed by atoms with Gasteiger partial charge in [0, 0.05) is 19.8 Å². The van der Waals surface area contributed by atoms with Crippen LogP contribution in [0.3, 0.4) is 0 Å². The molecular formula is C12H16N4O2. The fraction of sp³-hybridized carbons (Fsp3) is 0.417. The minimum Gasteiger partial charge on any atom is -0.245 e. The van der Waals surface area contributed by atoms with Crippen LogP contribution in [0.15, 0.2) is 21.9 Å². The van der Waals surface area contributed by atoms with E-state index in [4.69, 9.17) is 0 Å². The summed E-state index contributed by atoms with van der Waals surface area (Å²) in [5, 5.41) is 0. The summed E-state index contributed by atoms with van der Waals surface area (Å²) < 4.78 is 3.80. The third-order valence-electron chi connectivity index (χ3n) is 2.94. The maximum absolute atomic E-state index is 12.1. The van der Waals surface area contributed by atoms with Crippen molar-refractivity contribution in [2.24, 2.45) is 7.05 Å². The van der Waals surface area contributed by atoms with Gasteiger partial charge in [0.1, 0.15) is 5.82 Å². The zero-order valence-electron chi connectivity index (χ0n) is 11.0. The Labute approximate surface area is 104 Å². The molecule has 0 amide bonds. The first kappa shape index (κ1) is 12.3. The lowest BCUT2D eigenvalue weighted by Gasteiger charge is -2.03. The molecule has 96 valence electrons. The molecule has 0 bridgehead atoms. The molecule has 0 aliphatic carbocycles. The average molecular weight is 248 g/mol. The van der Waals surface area contributed by atoms with E-state index < -0.39 is 0 Å². The molecule has 0 atom stereocenters. The van der Waals surface area contributed by atoms with Gasteiger partial charge in [0.2, 0.25) is 0 Å². The van der Waals surface area contributed by atoms with Gasteiger partial charge in [-0.1, -0.05) is 6.07 Å². The second-order valence-electron chi connectivity index (χ2n) is 4.29. The van der Waals surface area contributed by atoms with Crippen LogP contribution in [0.2, 0.25) is 0 Å². The molecule has 6 heteroatoms. The van der Waals surface area contributed by atoms with Gasteiger partial charge in [0.15, 0.2) is 0 Å². The molecular weight excluding hydrogens is 232 g/mol. The summed E-state index contributed by atoms with van der Waals surface area (Å²) in [6, 6.07) is 1.90. The first-order chi connectivity index (χ1) is 8.47. The van der Waals surface area contributed by atoms with Crippen molar-refractivity contribution in [2.75, 3.05) is 0 Å². The van der Waals surface area contributed by atoms with Gasteiger partial charge in [-0.25, -0.2) is 23.9 Å². The van der Waals surface area contributed by atoms with Gasteiger partial charge in [-0.3, -0.25) is 0 Å². The maximum Gasteiger partial charge on any atom is 0.353 e. The first-order valence-electron chi connectivity index (χ1n) is 5.79. The van der Waals surface area contributed by atoms with Gasteiger partial charge in [-0.2, -0.15) is 4.57 Å². The van der Waals surface area contributed by atoms with E-state index in [0.29, 0.717) is 12.4 Å². The molecule has 0 unspecified atom stereocenters. The van der Waals surface area contributed by atoms with Crippen molar-refractivity contribution >= 4 is 0 Å². The number of aromatic nitrogens is 4. The zero-order chi connectivity index (χ0) is 13.4. The lowest BCUT2D eigenvalue weighted by atomic mass is 10.2. The van der Waals surface area contributed by atoms with Crippen molar-refractivity contribution < 1.29 is 0 Å². The average Bonchev–Trinajstić information content (AvgIpc) is 2.52.